The fourth-order valence-corrected chi connectivity index (χ4v) is 1.53. The molecule has 0 unspecified atom stereocenters. The molecule has 0 bridgehead atoms. The van der Waals surface area contributed by atoms with Crippen molar-refractivity contribution in [3.63, 3.8) is 0 Å². The molecule has 0 radical (unpaired) electrons. The van der Waals surface area contributed by atoms with Gasteiger partial charge in [0.15, 0.2) is 5.78 Å². The maximum atomic E-state index is 12.1. The number of hydrogen-bond acceptors (Lipinski definition) is 3. The Bertz CT molecular complexity index is 478. The Morgan fingerprint density at radius 1 is 1.53 bits per heavy atom. The van der Waals surface area contributed by atoms with Gasteiger partial charge in [-0.1, -0.05) is 6.92 Å². The Hall–Kier alpha value is -1.96. The topological polar surface area (TPSA) is 50.1 Å². The molecule has 1 rings (SSSR count). The average Bonchev–Trinajstić information content (AvgIpc) is 2.26. The summed E-state index contributed by atoms with van der Waals surface area (Å²) in [6.07, 6.45) is 0.462. The molecule has 1 aromatic rings. The molecule has 0 saturated heterocycles. The van der Waals surface area contributed by atoms with Gasteiger partial charge in [0.05, 0.1) is 5.56 Å². The van der Waals surface area contributed by atoms with Gasteiger partial charge >= 0.3 is 6.61 Å². The third-order valence-electron chi connectivity index (χ3n) is 2.29. The van der Waals surface area contributed by atoms with E-state index in [0.717, 1.165) is 0 Å². The quantitative estimate of drug-likeness (QED) is 0.759. The second-order valence-corrected chi connectivity index (χ2v) is 3.41. The number of hydrogen-bond donors (Lipinski definition) is 0. The zero-order chi connectivity index (χ0) is 13.0. The van der Waals surface area contributed by atoms with E-state index >= 15 is 0 Å². The van der Waals surface area contributed by atoms with Crippen LogP contribution in [0, 0.1) is 11.3 Å². The molecule has 1 aromatic carbocycles. The van der Waals surface area contributed by atoms with Crippen LogP contribution in [0.4, 0.5) is 8.78 Å². The molecule has 0 N–H and O–H groups in total. The lowest BCUT2D eigenvalue weighted by Crippen LogP contribution is -2.06. The van der Waals surface area contributed by atoms with Crippen LogP contribution in [0.1, 0.15) is 35.3 Å². The summed E-state index contributed by atoms with van der Waals surface area (Å²) in [5, 5.41) is 8.96. The molecule has 0 saturated carbocycles. The van der Waals surface area contributed by atoms with E-state index in [1.807, 2.05) is 6.07 Å². The molecule has 0 aliphatic rings. The van der Waals surface area contributed by atoms with Crippen LogP contribution in [-0.4, -0.2) is 12.4 Å². The van der Waals surface area contributed by atoms with E-state index in [-0.39, 0.29) is 22.7 Å². The number of ketones is 1. The summed E-state index contributed by atoms with van der Waals surface area (Å²) in [7, 11) is 0. The first-order valence-electron chi connectivity index (χ1n) is 5.02. The Kier molecular flexibility index (Phi) is 4.16. The van der Waals surface area contributed by atoms with Gasteiger partial charge in [-0.15, -0.1) is 0 Å². The van der Waals surface area contributed by atoms with Crippen LogP contribution in [0.2, 0.25) is 0 Å². The molecule has 5 heteroatoms. The van der Waals surface area contributed by atoms with Crippen LogP contribution in [0.5, 0.6) is 5.75 Å². The third-order valence-corrected chi connectivity index (χ3v) is 2.29. The van der Waals surface area contributed by atoms with Crippen LogP contribution in [-0.2, 0) is 6.42 Å². The molecule has 17 heavy (non-hydrogen) atoms. The molecule has 0 aromatic heterocycles. The lowest BCUT2D eigenvalue weighted by Gasteiger charge is -2.10. The molecular formula is C12H11F2NO2. The van der Waals surface area contributed by atoms with Gasteiger partial charge < -0.3 is 4.74 Å². The SMILES string of the molecule is CCc1cc(OC(F)F)cc(C(C)=O)c1C#N. The van der Waals surface area contributed by atoms with Crippen molar-refractivity contribution in [1.29, 1.82) is 5.26 Å². The summed E-state index contributed by atoms with van der Waals surface area (Å²) in [6.45, 7) is 0.0982. The van der Waals surface area contributed by atoms with E-state index in [1.165, 1.54) is 19.1 Å². The zero-order valence-corrected chi connectivity index (χ0v) is 9.46. The Labute approximate surface area is 97.6 Å². The molecule has 0 amide bonds. The number of carbonyl (C=O) groups excluding carboxylic acids is 1. The van der Waals surface area contributed by atoms with Crippen LogP contribution in [0.15, 0.2) is 12.1 Å². The van der Waals surface area contributed by atoms with E-state index in [0.29, 0.717) is 12.0 Å². The van der Waals surface area contributed by atoms with Crippen LogP contribution in [0.25, 0.3) is 0 Å². The molecule has 0 atom stereocenters. The summed E-state index contributed by atoms with van der Waals surface area (Å²) in [6, 6.07) is 4.44. The van der Waals surface area contributed by atoms with Crippen molar-refractivity contribution in [2.24, 2.45) is 0 Å². The van der Waals surface area contributed by atoms with Crippen molar-refractivity contribution in [2.45, 2.75) is 26.9 Å². The van der Waals surface area contributed by atoms with E-state index in [1.54, 1.807) is 6.92 Å². The van der Waals surface area contributed by atoms with Crippen molar-refractivity contribution >= 4 is 5.78 Å². The fourth-order valence-electron chi connectivity index (χ4n) is 1.53. The normalized spacial score (nSPS) is 10.1. The number of alkyl halides is 2. The molecule has 0 aliphatic heterocycles. The number of rotatable bonds is 4. The highest BCUT2D eigenvalue weighted by atomic mass is 19.3. The van der Waals surface area contributed by atoms with Crippen molar-refractivity contribution in [3.8, 4) is 11.8 Å². The molecule has 0 spiro atoms. The van der Waals surface area contributed by atoms with Gasteiger partial charge in [0.1, 0.15) is 11.8 Å². The highest BCUT2D eigenvalue weighted by molar-refractivity contribution is 5.97. The van der Waals surface area contributed by atoms with Crippen molar-refractivity contribution in [1.82, 2.24) is 0 Å². The molecular weight excluding hydrogens is 228 g/mol. The predicted octanol–water partition coefficient (Wildman–Crippen LogP) is 2.92. The summed E-state index contributed by atoms with van der Waals surface area (Å²) >= 11 is 0. The molecule has 3 nitrogen and oxygen atoms in total. The predicted molar refractivity (Wildman–Crippen MR) is 57.2 cm³/mol. The lowest BCUT2D eigenvalue weighted by atomic mass is 9.97. The van der Waals surface area contributed by atoms with Crippen molar-refractivity contribution in [3.05, 3.63) is 28.8 Å². The minimum absolute atomic E-state index is 0.0962. The van der Waals surface area contributed by atoms with Crippen molar-refractivity contribution in [2.75, 3.05) is 0 Å². The van der Waals surface area contributed by atoms with Crippen LogP contribution < -0.4 is 4.74 Å². The van der Waals surface area contributed by atoms with Crippen LogP contribution >= 0.6 is 0 Å². The first-order valence-corrected chi connectivity index (χ1v) is 5.02. The molecule has 0 fully saturated rings. The van der Waals surface area contributed by atoms with Crippen molar-refractivity contribution < 1.29 is 18.3 Å². The second-order valence-electron chi connectivity index (χ2n) is 3.41. The van der Waals surface area contributed by atoms with Gasteiger partial charge in [-0.25, -0.2) is 0 Å². The highest BCUT2D eigenvalue weighted by Gasteiger charge is 2.15. The first kappa shape index (κ1) is 13.1. The molecule has 0 aliphatic carbocycles. The first-order chi connectivity index (χ1) is 7.99. The number of Topliss-reactive ketones (excluding diaryl/α,β-unsaturated/α-hetero) is 1. The summed E-state index contributed by atoms with van der Waals surface area (Å²) in [5.41, 5.74) is 0.861. The number of ether oxygens (including phenoxy) is 1. The summed E-state index contributed by atoms with van der Waals surface area (Å²) in [4.78, 5) is 11.3. The summed E-state index contributed by atoms with van der Waals surface area (Å²) in [5.74, 6) is -0.447. The number of benzene rings is 1. The van der Waals surface area contributed by atoms with E-state index in [4.69, 9.17) is 5.26 Å². The van der Waals surface area contributed by atoms with Crippen LogP contribution in [0.3, 0.4) is 0 Å². The lowest BCUT2D eigenvalue weighted by molar-refractivity contribution is -0.0499. The van der Waals surface area contributed by atoms with E-state index in [9.17, 15) is 13.6 Å². The maximum absolute atomic E-state index is 12.1. The molecule has 90 valence electrons. The highest BCUT2D eigenvalue weighted by Crippen LogP contribution is 2.24. The maximum Gasteiger partial charge on any atom is 0.387 e. The summed E-state index contributed by atoms with van der Waals surface area (Å²) < 4.78 is 28.5. The minimum atomic E-state index is -2.95. The largest absolute Gasteiger partial charge is 0.435 e. The number of carbonyl (C=O) groups is 1. The smallest absolute Gasteiger partial charge is 0.387 e. The van der Waals surface area contributed by atoms with E-state index < -0.39 is 6.61 Å². The van der Waals surface area contributed by atoms with Gasteiger partial charge in [0.2, 0.25) is 0 Å². The van der Waals surface area contributed by atoms with Gasteiger partial charge in [-0.05, 0) is 31.0 Å². The van der Waals surface area contributed by atoms with Gasteiger partial charge in [0.25, 0.3) is 0 Å². The van der Waals surface area contributed by atoms with Gasteiger partial charge in [-0.3, -0.25) is 4.79 Å². The number of nitriles is 1. The minimum Gasteiger partial charge on any atom is -0.435 e. The van der Waals surface area contributed by atoms with E-state index in [2.05, 4.69) is 4.74 Å². The fraction of sp³-hybridized carbons (Fsp3) is 0.333. The number of aryl methyl sites for hydroxylation is 1. The Morgan fingerprint density at radius 2 is 2.18 bits per heavy atom. The standard InChI is InChI=1S/C12H11F2NO2/c1-3-8-4-9(17-12(13)14)5-10(7(2)16)11(8)6-15/h4-5,12H,3H2,1-2H3. The average molecular weight is 239 g/mol. The second kappa shape index (κ2) is 5.39. The number of nitrogens with zero attached hydrogens (tertiary/aromatic N) is 1. The molecule has 0 heterocycles. The Balaban J connectivity index is 3.36. The van der Waals surface area contributed by atoms with Gasteiger partial charge in [0, 0.05) is 5.56 Å². The Morgan fingerprint density at radius 3 is 2.59 bits per heavy atom. The zero-order valence-electron chi connectivity index (χ0n) is 9.46. The monoisotopic (exact) mass is 239 g/mol. The number of halogens is 2. The van der Waals surface area contributed by atoms with Gasteiger partial charge in [-0.2, -0.15) is 14.0 Å². The third kappa shape index (κ3) is 3.00.